The molecule has 0 saturated heterocycles. The fourth-order valence-corrected chi connectivity index (χ4v) is 10.1. The van der Waals surface area contributed by atoms with Gasteiger partial charge in [-0.25, -0.2) is 4.79 Å². The smallest absolute Gasteiger partial charge is 0.331 e. The van der Waals surface area contributed by atoms with E-state index < -0.39 is 0 Å². The lowest BCUT2D eigenvalue weighted by Gasteiger charge is -2.59. The molecule has 4 heteroatoms. The number of allylic oxidation sites excluding steroid dienone is 3. The van der Waals surface area contributed by atoms with E-state index in [0.717, 1.165) is 42.6 Å². The number of carbonyl (C=O) groups is 1. The van der Waals surface area contributed by atoms with E-state index in [2.05, 4.69) is 54.2 Å². The van der Waals surface area contributed by atoms with Crippen molar-refractivity contribution in [1.82, 2.24) is 0 Å². The third kappa shape index (κ3) is 5.97. The third-order valence-electron chi connectivity index (χ3n) is 12.9. The summed E-state index contributed by atoms with van der Waals surface area (Å²) < 4.78 is 11.3. The molecule has 1 aromatic rings. The molecule has 0 amide bonds. The van der Waals surface area contributed by atoms with Crippen molar-refractivity contribution < 1.29 is 19.4 Å². The SMILES string of the molecule is C=C(CC[C@@H](C)[C@H]1CC[C@H]2C3=CC[C@H]4[C@H](C)[C@@H](OC(=O)/C=C\c5ccc(O)c(OC)c5)CC[C@]4(C)[C@H]3CC[C@]12C)C(C)C. The molecule has 0 aliphatic heterocycles. The number of phenols is 1. The number of phenolic OH excluding ortho intramolecular Hbond substituents is 1. The summed E-state index contributed by atoms with van der Waals surface area (Å²) in [6.07, 6.45) is 16.9. The van der Waals surface area contributed by atoms with Crippen LogP contribution in [0.25, 0.3) is 6.08 Å². The topological polar surface area (TPSA) is 55.8 Å². The van der Waals surface area contributed by atoms with Gasteiger partial charge in [-0.3, -0.25) is 0 Å². The molecule has 0 spiro atoms. The number of carbonyl (C=O) groups excluding carboxylic acids is 1. The highest BCUT2D eigenvalue weighted by atomic mass is 16.5. The summed E-state index contributed by atoms with van der Waals surface area (Å²) in [6.45, 7) is 18.9. The molecule has 0 bridgehead atoms. The number of hydrogen-bond donors (Lipinski definition) is 1. The molecule has 4 aliphatic rings. The quantitative estimate of drug-likeness (QED) is 0.177. The Hall–Kier alpha value is -2.49. The Morgan fingerprint density at radius 3 is 2.53 bits per heavy atom. The highest BCUT2D eigenvalue weighted by Gasteiger charge is 2.59. The molecule has 4 aliphatic carbocycles. The maximum absolute atomic E-state index is 12.9. The molecule has 4 nitrogen and oxygen atoms in total. The average molecular weight is 589 g/mol. The van der Waals surface area contributed by atoms with Crippen LogP contribution in [-0.2, 0) is 9.53 Å². The van der Waals surface area contributed by atoms with Crippen molar-refractivity contribution in [3.63, 3.8) is 0 Å². The molecule has 1 aromatic carbocycles. The van der Waals surface area contributed by atoms with Crippen molar-refractivity contribution in [2.45, 2.75) is 105 Å². The van der Waals surface area contributed by atoms with Gasteiger partial charge in [-0.15, -0.1) is 0 Å². The molecule has 0 unspecified atom stereocenters. The Morgan fingerprint density at radius 2 is 1.81 bits per heavy atom. The monoisotopic (exact) mass is 588 g/mol. The Labute approximate surface area is 261 Å². The van der Waals surface area contributed by atoms with E-state index in [0.29, 0.717) is 34.8 Å². The highest BCUT2D eigenvalue weighted by molar-refractivity contribution is 5.87. The number of fused-ring (bicyclic) bond motifs is 5. The van der Waals surface area contributed by atoms with Gasteiger partial charge in [-0.2, -0.15) is 0 Å². The Morgan fingerprint density at radius 1 is 1.09 bits per heavy atom. The fourth-order valence-electron chi connectivity index (χ4n) is 10.1. The van der Waals surface area contributed by atoms with Crippen LogP contribution < -0.4 is 4.74 Å². The first-order valence-electron chi connectivity index (χ1n) is 17.0. The maximum Gasteiger partial charge on any atom is 0.331 e. The van der Waals surface area contributed by atoms with Crippen LogP contribution >= 0.6 is 0 Å². The Kier molecular flexibility index (Phi) is 9.27. The predicted octanol–water partition coefficient (Wildman–Crippen LogP) is 9.78. The van der Waals surface area contributed by atoms with Gasteiger partial charge < -0.3 is 14.6 Å². The van der Waals surface area contributed by atoms with Crippen LogP contribution in [0.2, 0.25) is 0 Å². The Balaban J connectivity index is 1.24. The first-order chi connectivity index (χ1) is 20.4. The molecule has 3 saturated carbocycles. The average Bonchev–Trinajstić information content (AvgIpc) is 3.34. The Bertz CT molecular complexity index is 1260. The molecule has 0 heterocycles. The van der Waals surface area contributed by atoms with Crippen LogP contribution in [0.3, 0.4) is 0 Å². The van der Waals surface area contributed by atoms with Crippen molar-refractivity contribution in [2.24, 2.45) is 52.3 Å². The van der Waals surface area contributed by atoms with E-state index in [1.54, 1.807) is 29.8 Å². The normalized spacial score (nSPS) is 36.0. The highest BCUT2D eigenvalue weighted by Crippen LogP contribution is 2.67. The first kappa shape index (κ1) is 31.9. The van der Waals surface area contributed by atoms with Gasteiger partial charge in [0.1, 0.15) is 6.10 Å². The standard InChI is InChI=1S/C39H56O4/c1-24(2)25(3)9-10-26(4)30-15-16-32-29-13-14-31-27(5)35(20-22-39(31,7)33(29)19-21-38(30,32)6)43-37(41)18-12-28-11-17-34(40)36(23-28)42-8/h11-13,17-18,23-24,26-27,30-33,35,40H,3,9-10,14-16,19-22H2,1-2,4-8H3/b18-12-/t26-,27+,30-,31+,32+,33+,35+,38-,39+/m1/s1. The van der Waals surface area contributed by atoms with Gasteiger partial charge >= 0.3 is 5.97 Å². The second-order valence-corrected chi connectivity index (χ2v) is 15.4. The minimum atomic E-state index is -0.295. The molecule has 43 heavy (non-hydrogen) atoms. The van der Waals surface area contributed by atoms with Crippen molar-refractivity contribution in [3.8, 4) is 11.5 Å². The maximum atomic E-state index is 12.9. The summed E-state index contributed by atoms with van der Waals surface area (Å²) in [6, 6.07) is 5.05. The van der Waals surface area contributed by atoms with Crippen LogP contribution in [0, 0.1) is 52.3 Å². The number of aromatic hydroxyl groups is 1. The lowest BCUT2D eigenvalue weighted by Crippen LogP contribution is -2.53. The number of hydrogen-bond acceptors (Lipinski definition) is 4. The van der Waals surface area contributed by atoms with Crippen molar-refractivity contribution in [3.05, 3.63) is 53.6 Å². The van der Waals surface area contributed by atoms with Gasteiger partial charge in [0, 0.05) is 6.08 Å². The second kappa shape index (κ2) is 12.5. The van der Waals surface area contributed by atoms with Crippen molar-refractivity contribution in [2.75, 3.05) is 7.11 Å². The molecule has 0 radical (unpaired) electrons. The number of benzene rings is 1. The summed E-state index contributed by atoms with van der Waals surface area (Å²) in [7, 11) is 1.52. The minimum absolute atomic E-state index is 0.0503. The lowest BCUT2D eigenvalue weighted by molar-refractivity contribution is -0.155. The molecular weight excluding hydrogens is 532 g/mol. The molecule has 9 atom stereocenters. The number of esters is 1. The summed E-state index contributed by atoms with van der Waals surface area (Å²) >= 11 is 0. The van der Waals surface area contributed by atoms with Crippen molar-refractivity contribution in [1.29, 1.82) is 0 Å². The summed E-state index contributed by atoms with van der Waals surface area (Å²) in [4.78, 5) is 12.9. The van der Waals surface area contributed by atoms with E-state index in [9.17, 15) is 9.90 Å². The van der Waals surface area contributed by atoms with E-state index in [4.69, 9.17) is 9.47 Å². The molecular formula is C39H56O4. The van der Waals surface area contributed by atoms with E-state index >= 15 is 0 Å². The molecule has 236 valence electrons. The zero-order valence-electron chi connectivity index (χ0n) is 27.8. The molecule has 0 aromatic heterocycles. The minimum Gasteiger partial charge on any atom is -0.504 e. The zero-order valence-corrected chi connectivity index (χ0v) is 27.8. The van der Waals surface area contributed by atoms with E-state index in [1.807, 2.05) is 0 Å². The molecule has 1 N–H and O–H groups in total. The summed E-state index contributed by atoms with van der Waals surface area (Å²) in [5.41, 5.74) is 4.70. The fraction of sp³-hybridized carbons (Fsp3) is 0.667. The van der Waals surface area contributed by atoms with Gasteiger partial charge in [0.2, 0.25) is 0 Å². The van der Waals surface area contributed by atoms with Gasteiger partial charge in [0.15, 0.2) is 11.5 Å². The van der Waals surface area contributed by atoms with Crippen molar-refractivity contribution >= 4 is 12.0 Å². The van der Waals surface area contributed by atoms with Gasteiger partial charge in [-0.05, 0) is 134 Å². The van der Waals surface area contributed by atoms with Crippen LogP contribution in [0.1, 0.15) is 105 Å². The van der Waals surface area contributed by atoms with Crippen LogP contribution in [-0.4, -0.2) is 24.3 Å². The van der Waals surface area contributed by atoms with Crippen LogP contribution in [0.15, 0.2) is 48.1 Å². The summed E-state index contributed by atoms with van der Waals surface area (Å²) in [5.74, 6) is 4.61. The molecule has 3 fully saturated rings. The predicted molar refractivity (Wildman–Crippen MR) is 176 cm³/mol. The van der Waals surface area contributed by atoms with Gasteiger partial charge in [-0.1, -0.05) is 71.4 Å². The van der Waals surface area contributed by atoms with Gasteiger partial charge in [0.05, 0.1) is 7.11 Å². The molecule has 5 rings (SSSR count). The summed E-state index contributed by atoms with van der Waals surface area (Å²) in [5, 5.41) is 9.84. The number of rotatable bonds is 9. The van der Waals surface area contributed by atoms with Crippen LogP contribution in [0.4, 0.5) is 0 Å². The van der Waals surface area contributed by atoms with Gasteiger partial charge in [0.25, 0.3) is 0 Å². The first-order valence-corrected chi connectivity index (χ1v) is 17.0. The van der Waals surface area contributed by atoms with Crippen LogP contribution in [0.5, 0.6) is 11.5 Å². The largest absolute Gasteiger partial charge is 0.504 e. The number of ether oxygens (including phenoxy) is 2. The lowest BCUT2D eigenvalue weighted by atomic mass is 9.46. The van der Waals surface area contributed by atoms with E-state index in [1.165, 1.54) is 57.3 Å². The number of methoxy groups -OCH3 is 1. The zero-order chi connectivity index (χ0) is 31.1. The third-order valence-corrected chi connectivity index (χ3v) is 12.9. The van der Waals surface area contributed by atoms with E-state index in [-0.39, 0.29) is 23.2 Å². The second-order valence-electron chi connectivity index (χ2n) is 15.4.